The predicted molar refractivity (Wildman–Crippen MR) is 101 cm³/mol. The molecule has 1 aromatic carbocycles. The van der Waals surface area contributed by atoms with Gasteiger partial charge in [-0.15, -0.1) is 11.3 Å². The zero-order valence-corrected chi connectivity index (χ0v) is 17.2. The van der Waals surface area contributed by atoms with Crippen LogP contribution in [0.15, 0.2) is 28.2 Å². The lowest BCUT2D eigenvalue weighted by atomic mass is 10.1. The van der Waals surface area contributed by atoms with Gasteiger partial charge in [0.05, 0.1) is 21.0 Å². The van der Waals surface area contributed by atoms with Gasteiger partial charge in [0.15, 0.2) is 0 Å². The highest BCUT2D eigenvalue weighted by Crippen LogP contribution is 2.32. The second-order valence-corrected chi connectivity index (χ2v) is 10.2. The van der Waals surface area contributed by atoms with Crippen molar-refractivity contribution in [2.24, 2.45) is 0 Å². The summed E-state index contributed by atoms with van der Waals surface area (Å²) in [4.78, 5) is 16.8. The van der Waals surface area contributed by atoms with Crippen molar-refractivity contribution < 1.29 is 17.6 Å². The smallest absolute Gasteiger partial charge is 0.280 e. The average molecular weight is 484 g/mol. The van der Waals surface area contributed by atoms with Gasteiger partial charge in [0.1, 0.15) is 16.9 Å². The first-order valence-electron chi connectivity index (χ1n) is 7.30. The maximum atomic E-state index is 13.2. The second-order valence-electron chi connectivity index (χ2n) is 5.56. The predicted octanol–water partition coefficient (Wildman–Crippen LogP) is 2.92. The molecule has 1 amide bonds. The number of rotatable bonds is 3. The van der Waals surface area contributed by atoms with Crippen LogP contribution in [0.1, 0.15) is 17.5 Å². The molecule has 1 aliphatic heterocycles. The van der Waals surface area contributed by atoms with Crippen molar-refractivity contribution in [3.05, 3.63) is 44.0 Å². The van der Waals surface area contributed by atoms with Crippen LogP contribution in [0.2, 0.25) is 5.02 Å². The number of aromatic nitrogens is 1. The molecule has 2 N–H and O–H groups in total. The van der Waals surface area contributed by atoms with Crippen molar-refractivity contribution in [3.8, 4) is 0 Å². The number of amides is 1. The van der Waals surface area contributed by atoms with Crippen LogP contribution in [0.5, 0.6) is 0 Å². The Morgan fingerprint density at radius 3 is 2.88 bits per heavy atom. The van der Waals surface area contributed by atoms with Crippen molar-refractivity contribution in [3.63, 3.8) is 0 Å². The van der Waals surface area contributed by atoms with E-state index in [1.807, 2.05) is 0 Å². The molecule has 0 unspecified atom stereocenters. The molecule has 0 radical (unpaired) electrons. The lowest BCUT2D eigenvalue weighted by Gasteiger charge is -2.35. The van der Waals surface area contributed by atoms with Crippen LogP contribution < -0.4 is 10.0 Å². The van der Waals surface area contributed by atoms with E-state index in [-0.39, 0.29) is 17.1 Å². The lowest BCUT2D eigenvalue weighted by Crippen LogP contribution is -2.55. The molecule has 2 heterocycles. The number of hydrogen-bond acceptors (Lipinski definition) is 5. The van der Waals surface area contributed by atoms with Crippen molar-refractivity contribution in [1.29, 1.82) is 0 Å². The molecule has 0 saturated carbocycles. The Labute approximate surface area is 166 Å². The minimum atomic E-state index is -3.86. The fraction of sp³-hybridized carbons (Fsp3) is 0.286. The zero-order chi connectivity index (χ0) is 19.1. The van der Waals surface area contributed by atoms with Crippen molar-refractivity contribution in [1.82, 2.24) is 14.0 Å². The van der Waals surface area contributed by atoms with Gasteiger partial charge in [0, 0.05) is 12.7 Å². The summed E-state index contributed by atoms with van der Waals surface area (Å²) in [6.45, 7) is 0. The number of nitrogens with one attached hydrogen (secondary N) is 2. The van der Waals surface area contributed by atoms with Gasteiger partial charge >= 0.3 is 0 Å². The van der Waals surface area contributed by atoms with Gasteiger partial charge in [-0.05, 0) is 40.5 Å². The third kappa shape index (κ3) is 4.07. The van der Waals surface area contributed by atoms with Crippen LogP contribution >= 0.6 is 38.9 Å². The largest absolute Gasteiger partial charge is 0.325 e. The Morgan fingerprint density at radius 1 is 1.54 bits per heavy atom. The van der Waals surface area contributed by atoms with E-state index in [4.69, 9.17) is 11.6 Å². The number of thiazole rings is 1. The molecule has 0 spiro atoms. The van der Waals surface area contributed by atoms with Crippen molar-refractivity contribution >= 4 is 60.7 Å². The zero-order valence-electron chi connectivity index (χ0n) is 13.2. The Kier molecular flexibility index (Phi) is 5.66. The van der Waals surface area contributed by atoms with E-state index in [0.717, 1.165) is 14.2 Å². The lowest BCUT2D eigenvalue weighted by molar-refractivity contribution is -0.120. The summed E-state index contributed by atoms with van der Waals surface area (Å²) in [6, 6.07) is 2.15. The van der Waals surface area contributed by atoms with E-state index in [9.17, 15) is 17.6 Å². The van der Waals surface area contributed by atoms with E-state index in [1.165, 1.54) is 30.5 Å². The number of nitrogens with zero attached hydrogens (tertiary/aromatic N) is 2. The van der Waals surface area contributed by atoms with Crippen molar-refractivity contribution in [2.75, 3.05) is 12.4 Å². The molecule has 1 aromatic heterocycles. The first-order valence-corrected chi connectivity index (χ1v) is 10.7. The standard InChI is InChI=1S/C14H13BrClFN4O3S2/c1-21-11(13(22)19-7-2-3-9(17)8(16)4-7)5-10(20-26(21,23)24)14-18-6-12(15)25-14/h2-4,6,10-11,20H,5H2,1H3,(H,19,22)/t10-,11-/m0/s1. The van der Waals surface area contributed by atoms with Crippen LogP contribution in [0, 0.1) is 5.82 Å². The van der Waals surface area contributed by atoms with E-state index in [1.54, 1.807) is 6.20 Å². The number of halogens is 3. The Hall–Kier alpha value is -1.11. The Balaban J connectivity index is 1.83. The monoisotopic (exact) mass is 482 g/mol. The highest BCUT2D eigenvalue weighted by Gasteiger charge is 2.41. The van der Waals surface area contributed by atoms with Crippen LogP contribution in [-0.2, 0) is 15.0 Å². The van der Waals surface area contributed by atoms with E-state index >= 15 is 0 Å². The fourth-order valence-electron chi connectivity index (χ4n) is 2.50. The molecule has 7 nitrogen and oxygen atoms in total. The van der Waals surface area contributed by atoms with Crippen LogP contribution in [0.4, 0.5) is 10.1 Å². The third-order valence-corrected chi connectivity index (χ3v) is 7.33. The second kappa shape index (κ2) is 7.49. The number of hydrogen-bond donors (Lipinski definition) is 2. The van der Waals surface area contributed by atoms with Gasteiger partial charge < -0.3 is 5.32 Å². The van der Waals surface area contributed by atoms with Crippen LogP contribution in [0.3, 0.4) is 0 Å². The van der Waals surface area contributed by atoms with E-state index in [2.05, 4.69) is 31.0 Å². The topological polar surface area (TPSA) is 91.4 Å². The summed E-state index contributed by atoms with van der Waals surface area (Å²) < 4.78 is 42.2. The summed E-state index contributed by atoms with van der Waals surface area (Å²) in [5.41, 5.74) is 0.277. The molecule has 3 rings (SSSR count). The maximum Gasteiger partial charge on any atom is 0.280 e. The minimum Gasteiger partial charge on any atom is -0.325 e. The quantitative estimate of drug-likeness (QED) is 0.702. The maximum absolute atomic E-state index is 13.2. The molecule has 2 aromatic rings. The third-order valence-electron chi connectivity index (χ3n) is 3.85. The first kappa shape index (κ1) is 19.6. The molecule has 1 saturated heterocycles. The summed E-state index contributed by atoms with van der Waals surface area (Å²) in [5, 5.41) is 2.99. The number of carbonyl (C=O) groups excluding carboxylic acids is 1. The number of carbonyl (C=O) groups is 1. The molecule has 1 fully saturated rings. The Bertz CT molecular complexity index is 955. The number of anilines is 1. The molecular formula is C14H13BrClFN4O3S2. The summed E-state index contributed by atoms with van der Waals surface area (Å²) in [5.74, 6) is -1.15. The summed E-state index contributed by atoms with van der Waals surface area (Å²) >= 11 is 10.3. The molecule has 0 aliphatic carbocycles. The molecule has 26 heavy (non-hydrogen) atoms. The number of benzene rings is 1. The van der Waals surface area contributed by atoms with Gasteiger partial charge in [-0.3, -0.25) is 4.79 Å². The van der Waals surface area contributed by atoms with Crippen LogP contribution in [0.25, 0.3) is 0 Å². The summed E-state index contributed by atoms with van der Waals surface area (Å²) in [6.07, 6.45) is 1.76. The molecule has 12 heteroatoms. The minimum absolute atomic E-state index is 0.139. The number of likely N-dealkylation sites (N-methyl/N-ethyl adjacent to an activating group) is 1. The SMILES string of the molecule is CN1[C@H](C(=O)Nc2ccc(F)c(Cl)c2)C[C@@H](c2ncc(Br)s2)NS1(=O)=O. The van der Waals surface area contributed by atoms with E-state index in [0.29, 0.717) is 5.01 Å². The van der Waals surface area contributed by atoms with Gasteiger partial charge in [-0.2, -0.15) is 17.4 Å². The Morgan fingerprint density at radius 2 is 2.27 bits per heavy atom. The van der Waals surface area contributed by atoms with Crippen LogP contribution in [-0.4, -0.2) is 36.7 Å². The molecule has 2 atom stereocenters. The van der Waals surface area contributed by atoms with Gasteiger partial charge in [-0.1, -0.05) is 11.6 Å². The van der Waals surface area contributed by atoms with Gasteiger partial charge in [-0.25, -0.2) is 9.37 Å². The highest BCUT2D eigenvalue weighted by molar-refractivity contribution is 9.11. The van der Waals surface area contributed by atoms with Gasteiger partial charge in [0.2, 0.25) is 5.91 Å². The van der Waals surface area contributed by atoms with Gasteiger partial charge in [0.25, 0.3) is 10.2 Å². The average Bonchev–Trinajstić information content (AvgIpc) is 2.99. The first-order chi connectivity index (χ1) is 12.2. The molecule has 140 valence electrons. The molecule has 1 aliphatic rings. The normalized spacial score (nSPS) is 22.9. The summed E-state index contributed by atoms with van der Waals surface area (Å²) in [7, 11) is -2.55. The fourth-order valence-corrected chi connectivity index (χ4v) is 5.31. The molecular weight excluding hydrogens is 471 g/mol. The molecule has 0 bridgehead atoms. The van der Waals surface area contributed by atoms with Crippen molar-refractivity contribution in [2.45, 2.75) is 18.5 Å². The highest BCUT2D eigenvalue weighted by atomic mass is 79.9. The van der Waals surface area contributed by atoms with E-state index < -0.39 is 34.0 Å².